The maximum absolute atomic E-state index is 10.9. The number of hydrogen-bond acceptors (Lipinski definition) is 3. The Balaban J connectivity index is 2.60. The number of halogens is 2. The van der Waals surface area contributed by atoms with Crippen LogP contribution < -0.4 is 10.1 Å². The lowest BCUT2D eigenvalue weighted by molar-refractivity contribution is 0.108. The Morgan fingerprint density at radius 2 is 2.18 bits per heavy atom. The molecule has 0 saturated heterocycles. The Morgan fingerprint density at radius 3 is 2.76 bits per heavy atom. The van der Waals surface area contributed by atoms with Crippen molar-refractivity contribution in [2.24, 2.45) is 0 Å². The molecule has 0 atom stereocenters. The Bertz CT molecular complexity index is 438. The van der Waals surface area contributed by atoms with Crippen molar-refractivity contribution in [3.63, 3.8) is 0 Å². The minimum atomic E-state index is -1.11. The van der Waals surface area contributed by atoms with Crippen LogP contribution in [0.1, 0.15) is 10.4 Å². The molecule has 7 heteroatoms. The van der Waals surface area contributed by atoms with E-state index < -0.39 is 11.3 Å². The number of rotatable bonds is 5. The number of carboxylic acid groups (broad SMARTS) is 1. The summed E-state index contributed by atoms with van der Waals surface area (Å²) >= 11 is 8.58. The number of carbonyl (C=O) groups excluding carboxylic acids is 1. The van der Waals surface area contributed by atoms with Gasteiger partial charge in [0, 0.05) is 5.56 Å². The number of nitrogens with one attached hydrogen (secondary N) is 1. The van der Waals surface area contributed by atoms with Crippen LogP contribution in [0.5, 0.6) is 5.75 Å². The highest BCUT2D eigenvalue weighted by molar-refractivity contribution is 9.10. The lowest BCUT2D eigenvalue weighted by Crippen LogP contribution is -2.26. The van der Waals surface area contributed by atoms with Gasteiger partial charge in [-0.05, 0) is 45.7 Å². The van der Waals surface area contributed by atoms with E-state index >= 15 is 0 Å². The Morgan fingerprint density at radius 1 is 1.47 bits per heavy atom. The van der Waals surface area contributed by atoms with Crippen LogP contribution in [0.4, 0.5) is 4.79 Å². The van der Waals surface area contributed by atoms with Gasteiger partial charge in [-0.1, -0.05) is 0 Å². The fraction of sp³-hybridized carbons (Fsp3) is 0.200. The van der Waals surface area contributed by atoms with Crippen LogP contribution in [0.2, 0.25) is 0 Å². The second kappa shape index (κ2) is 6.46. The molecular weight excluding hydrogens is 313 g/mol. The van der Waals surface area contributed by atoms with Crippen LogP contribution in [0.3, 0.4) is 0 Å². The van der Waals surface area contributed by atoms with Gasteiger partial charge in [0.2, 0.25) is 0 Å². The maximum Gasteiger partial charge on any atom is 0.404 e. The standard InChI is InChI=1S/C10H9BrClNO4/c11-7-2-1-6(9(12)14)5-8(7)17-4-3-13-10(15)16/h1-2,5,13H,3-4H2,(H,15,16). The van der Waals surface area contributed by atoms with Crippen LogP contribution in [0.25, 0.3) is 0 Å². The Labute approximate surface area is 111 Å². The van der Waals surface area contributed by atoms with E-state index in [1.165, 1.54) is 6.07 Å². The average Bonchev–Trinajstić information content (AvgIpc) is 2.25. The fourth-order valence-corrected chi connectivity index (χ4v) is 1.53. The number of benzene rings is 1. The van der Waals surface area contributed by atoms with Crippen LogP contribution in [0.15, 0.2) is 22.7 Å². The molecule has 5 nitrogen and oxygen atoms in total. The fourth-order valence-electron chi connectivity index (χ4n) is 1.06. The molecule has 1 aromatic carbocycles. The number of amides is 1. The summed E-state index contributed by atoms with van der Waals surface area (Å²) in [7, 11) is 0. The summed E-state index contributed by atoms with van der Waals surface area (Å²) in [5, 5.41) is 9.92. The van der Waals surface area contributed by atoms with Crippen molar-refractivity contribution >= 4 is 38.9 Å². The lowest BCUT2D eigenvalue weighted by Gasteiger charge is -2.08. The molecule has 0 aliphatic rings. The SMILES string of the molecule is O=C(O)NCCOc1cc(C(=O)Cl)ccc1Br. The molecule has 1 aromatic rings. The van der Waals surface area contributed by atoms with E-state index in [1.807, 2.05) is 0 Å². The van der Waals surface area contributed by atoms with Crippen molar-refractivity contribution in [3.05, 3.63) is 28.2 Å². The zero-order chi connectivity index (χ0) is 12.8. The van der Waals surface area contributed by atoms with Crippen molar-refractivity contribution in [1.82, 2.24) is 5.32 Å². The topological polar surface area (TPSA) is 75.6 Å². The third kappa shape index (κ3) is 4.62. The third-order valence-electron chi connectivity index (χ3n) is 1.79. The van der Waals surface area contributed by atoms with E-state index in [2.05, 4.69) is 21.2 Å². The minimum Gasteiger partial charge on any atom is -0.491 e. The Kier molecular flexibility index (Phi) is 5.24. The van der Waals surface area contributed by atoms with Crippen LogP contribution in [0, 0.1) is 0 Å². The van der Waals surface area contributed by atoms with E-state index in [4.69, 9.17) is 21.4 Å². The smallest absolute Gasteiger partial charge is 0.404 e. The van der Waals surface area contributed by atoms with E-state index in [-0.39, 0.29) is 13.2 Å². The predicted molar refractivity (Wildman–Crippen MR) is 65.8 cm³/mol. The second-order valence-electron chi connectivity index (χ2n) is 3.00. The van der Waals surface area contributed by atoms with Gasteiger partial charge in [-0.25, -0.2) is 4.79 Å². The summed E-state index contributed by atoms with van der Waals surface area (Å²) in [6.45, 7) is 0.311. The van der Waals surface area contributed by atoms with Crippen molar-refractivity contribution < 1.29 is 19.4 Å². The lowest BCUT2D eigenvalue weighted by atomic mass is 10.2. The highest BCUT2D eigenvalue weighted by Crippen LogP contribution is 2.26. The first-order valence-electron chi connectivity index (χ1n) is 4.59. The molecule has 0 aliphatic carbocycles. The van der Waals surface area contributed by atoms with E-state index in [0.29, 0.717) is 15.8 Å². The molecule has 1 amide bonds. The van der Waals surface area contributed by atoms with Gasteiger partial charge in [0.05, 0.1) is 11.0 Å². The average molecular weight is 323 g/mol. The van der Waals surface area contributed by atoms with Gasteiger partial charge in [-0.2, -0.15) is 0 Å². The molecule has 0 heterocycles. The summed E-state index contributed by atoms with van der Waals surface area (Å²) in [6.07, 6.45) is -1.11. The monoisotopic (exact) mass is 321 g/mol. The van der Waals surface area contributed by atoms with Crippen LogP contribution in [-0.4, -0.2) is 29.6 Å². The molecular formula is C10H9BrClNO4. The minimum absolute atomic E-state index is 0.154. The molecule has 17 heavy (non-hydrogen) atoms. The largest absolute Gasteiger partial charge is 0.491 e. The molecule has 1 rings (SSSR count). The molecule has 0 aromatic heterocycles. The summed E-state index contributed by atoms with van der Waals surface area (Å²) in [4.78, 5) is 21.1. The predicted octanol–water partition coefficient (Wildman–Crippen LogP) is 2.47. The molecule has 0 saturated carbocycles. The van der Waals surface area contributed by atoms with Gasteiger partial charge in [0.25, 0.3) is 5.24 Å². The highest BCUT2D eigenvalue weighted by atomic mass is 79.9. The molecule has 0 aliphatic heterocycles. The van der Waals surface area contributed by atoms with Gasteiger partial charge in [0.1, 0.15) is 12.4 Å². The number of hydrogen-bond donors (Lipinski definition) is 2. The first-order chi connectivity index (χ1) is 8.00. The van der Waals surface area contributed by atoms with E-state index in [1.54, 1.807) is 12.1 Å². The van der Waals surface area contributed by atoms with Crippen molar-refractivity contribution in [2.75, 3.05) is 13.2 Å². The molecule has 0 unspecified atom stereocenters. The van der Waals surface area contributed by atoms with Crippen molar-refractivity contribution in [3.8, 4) is 5.75 Å². The van der Waals surface area contributed by atoms with E-state index in [9.17, 15) is 9.59 Å². The quantitative estimate of drug-likeness (QED) is 0.645. The van der Waals surface area contributed by atoms with Crippen LogP contribution in [-0.2, 0) is 0 Å². The summed E-state index contributed by atoms with van der Waals surface area (Å²) < 4.78 is 5.96. The van der Waals surface area contributed by atoms with Gasteiger partial charge < -0.3 is 15.2 Å². The summed E-state index contributed by atoms with van der Waals surface area (Å²) in [6, 6.07) is 4.68. The zero-order valence-electron chi connectivity index (χ0n) is 8.57. The first-order valence-corrected chi connectivity index (χ1v) is 5.77. The van der Waals surface area contributed by atoms with Gasteiger partial charge in [0.15, 0.2) is 0 Å². The van der Waals surface area contributed by atoms with Gasteiger partial charge >= 0.3 is 6.09 Å². The summed E-state index contributed by atoms with van der Waals surface area (Å²) in [5.41, 5.74) is 0.316. The number of ether oxygens (including phenoxy) is 1. The highest BCUT2D eigenvalue weighted by Gasteiger charge is 2.07. The maximum atomic E-state index is 10.9. The van der Waals surface area contributed by atoms with E-state index in [0.717, 1.165) is 0 Å². The molecule has 92 valence electrons. The normalized spacial score (nSPS) is 9.76. The number of carbonyl (C=O) groups is 2. The zero-order valence-corrected chi connectivity index (χ0v) is 10.9. The first kappa shape index (κ1) is 13.8. The van der Waals surface area contributed by atoms with Gasteiger partial charge in [-0.3, -0.25) is 4.79 Å². The van der Waals surface area contributed by atoms with Crippen LogP contribution >= 0.6 is 27.5 Å². The third-order valence-corrected chi connectivity index (χ3v) is 2.67. The summed E-state index contributed by atoms with van der Waals surface area (Å²) in [5.74, 6) is 0.434. The molecule has 0 bridgehead atoms. The van der Waals surface area contributed by atoms with Gasteiger partial charge in [-0.15, -0.1) is 0 Å². The van der Waals surface area contributed by atoms with Crippen molar-refractivity contribution in [1.29, 1.82) is 0 Å². The van der Waals surface area contributed by atoms with Crippen molar-refractivity contribution in [2.45, 2.75) is 0 Å². The molecule has 0 radical (unpaired) electrons. The molecule has 2 N–H and O–H groups in total. The second-order valence-corrected chi connectivity index (χ2v) is 4.20. The molecule has 0 spiro atoms. The molecule has 0 fully saturated rings. The Hall–Kier alpha value is -1.27.